The number of hydrogen-bond donors (Lipinski definition) is 0. The molecule has 0 atom stereocenters. The lowest BCUT2D eigenvalue weighted by Gasteiger charge is -2.30. The molecule has 0 spiro atoms. The third-order valence-electron chi connectivity index (χ3n) is 5.99. The van der Waals surface area contributed by atoms with Gasteiger partial charge < -0.3 is 9.64 Å². The SMILES string of the molecule is CC(C)(CCCOc1ccc(-c2ccc(Cl)cc2)cc1)CN1CCN(c2ccncc2)C1=O. The van der Waals surface area contributed by atoms with Crippen LogP contribution in [0, 0.1) is 5.41 Å². The van der Waals surface area contributed by atoms with Crippen LogP contribution in [0.4, 0.5) is 10.5 Å². The van der Waals surface area contributed by atoms with Crippen molar-refractivity contribution >= 4 is 23.3 Å². The smallest absolute Gasteiger partial charge is 0.324 e. The number of nitrogens with zero attached hydrogens (tertiary/aromatic N) is 3. The van der Waals surface area contributed by atoms with E-state index in [9.17, 15) is 4.79 Å². The molecule has 1 aromatic heterocycles. The quantitative estimate of drug-likeness (QED) is 0.339. The largest absolute Gasteiger partial charge is 0.494 e. The molecule has 3 aromatic rings. The van der Waals surface area contributed by atoms with Gasteiger partial charge in [-0.3, -0.25) is 9.88 Å². The molecule has 4 rings (SSSR count). The zero-order valence-electron chi connectivity index (χ0n) is 19.2. The Bertz CT molecular complexity index is 1050. The van der Waals surface area contributed by atoms with E-state index in [-0.39, 0.29) is 11.4 Å². The average molecular weight is 464 g/mol. The minimum atomic E-state index is 0.0196. The van der Waals surface area contributed by atoms with E-state index in [1.807, 2.05) is 58.3 Å². The van der Waals surface area contributed by atoms with E-state index in [2.05, 4.69) is 31.0 Å². The van der Waals surface area contributed by atoms with Gasteiger partial charge in [-0.2, -0.15) is 0 Å². The number of aromatic nitrogens is 1. The van der Waals surface area contributed by atoms with Crippen molar-refractivity contribution < 1.29 is 9.53 Å². The third-order valence-corrected chi connectivity index (χ3v) is 6.24. The van der Waals surface area contributed by atoms with Gasteiger partial charge in [-0.15, -0.1) is 0 Å². The highest BCUT2D eigenvalue weighted by molar-refractivity contribution is 6.30. The summed E-state index contributed by atoms with van der Waals surface area (Å²) >= 11 is 5.97. The van der Waals surface area contributed by atoms with Gasteiger partial charge in [0.15, 0.2) is 0 Å². The molecule has 1 fully saturated rings. The number of carbonyl (C=O) groups excluding carboxylic acids is 1. The van der Waals surface area contributed by atoms with Gasteiger partial charge >= 0.3 is 6.03 Å². The fourth-order valence-electron chi connectivity index (χ4n) is 4.22. The molecule has 0 aliphatic carbocycles. The second kappa shape index (κ2) is 10.3. The van der Waals surface area contributed by atoms with Crippen molar-refractivity contribution in [3.8, 4) is 16.9 Å². The zero-order chi connectivity index (χ0) is 23.3. The molecule has 0 N–H and O–H groups in total. The normalized spacial score (nSPS) is 14.1. The van der Waals surface area contributed by atoms with E-state index in [4.69, 9.17) is 16.3 Å². The van der Waals surface area contributed by atoms with Gasteiger partial charge in [0.05, 0.1) is 6.61 Å². The topological polar surface area (TPSA) is 45.7 Å². The van der Waals surface area contributed by atoms with Gasteiger partial charge in [-0.25, -0.2) is 4.79 Å². The highest BCUT2D eigenvalue weighted by atomic mass is 35.5. The van der Waals surface area contributed by atoms with E-state index >= 15 is 0 Å². The molecule has 2 heterocycles. The number of carbonyl (C=O) groups is 1. The number of amides is 2. The summed E-state index contributed by atoms with van der Waals surface area (Å²) in [7, 11) is 0. The average Bonchev–Trinajstić information content (AvgIpc) is 3.17. The maximum Gasteiger partial charge on any atom is 0.324 e. The maximum atomic E-state index is 12.8. The van der Waals surface area contributed by atoms with E-state index in [0.717, 1.165) is 53.5 Å². The second-order valence-corrected chi connectivity index (χ2v) is 9.65. The molecular weight excluding hydrogens is 434 g/mol. The highest BCUT2D eigenvalue weighted by Gasteiger charge is 2.33. The summed E-state index contributed by atoms with van der Waals surface area (Å²) in [6, 6.07) is 19.8. The summed E-state index contributed by atoms with van der Waals surface area (Å²) in [5.74, 6) is 0.869. The summed E-state index contributed by atoms with van der Waals surface area (Å²) in [5.41, 5.74) is 3.19. The molecule has 5 nitrogen and oxygen atoms in total. The Morgan fingerprint density at radius 2 is 1.58 bits per heavy atom. The fourth-order valence-corrected chi connectivity index (χ4v) is 4.34. The number of anilines is 1. The van der Waals surface area contributed by atoms with Crippen LogP contribution in [0.2, 0.25) is 5.02 Å². The van der Waals surface area contributed by atoms with Crippen LogP contribution in [0.1, 0.15) is 26.7 Å². The number of benzene rings is 2. The van der Waals surface area contributed by atoms with Crippen molar-refractivity contribution in [1.29, 1.82) is 0 Å². The van der Waals surface area contributed by atoms with E-state index in [1.54, 1.807) is 12.4 Å². The Labute approximate surface area is 201 Å². The molecule has 1 aliphatic heterocycles. The lowest BCUT2D eigenvalue weighted by molar-refractivity contribution is 0.177. The molecular formula is C27H30ClN3O2. The molecule has 6 heteroatoms. The van der Waals surface area contributed by atoms with Gasteiger partial charge in [0.25, 0.3) is 0 Å². The van der Waals surface area contributed by atoms with E-state index in [1.165, 1.54) is 0 Å². The van der Waals surface area contributed by atoms with Gasteiger partial charge in [0.2, 0.25) is 0 Å². The predicted octanol–water partition coefficient (Wildman–Crippen LogP) is 6.53. The summed E-state index contributed by atoms with van der Waals surface area (Å²) in [6.45, 7) is 7.30. The second-order valence-electron chi connectivity index (χ2n) is 9.21. The van der Waals surface area contributed by atoms with Crippen molar-refractivity contribution in [3.05, 3.63) is 78.1 Å². The van der Waals surface area contributed by atoms with Gasteiger partial charge in [-0.05, 0) is 65.8 Å². The van der Waals surface area contributed by atoms with Gasteiger partial charge in [0, 0.05) is 42.7 Å². The summed E-state index contributed by atoms with van der Waals surface area (Å²) in [4.78, 5) is 20.7. The first kappa shape index (κ1) is 23.1. The lowest BCUT2D eigenvalue weighted by Crippen LogP contribution is -2.38. The van der Waals surface area contributed by atoms with Crippen molar-refractivity contribution in [3.63, 3.8) is 0 Å². The van der Waals surface area contributed by atoms with Crippen LogP contribution in [0.25, 0.3) is 11.1 Å². The van der Waals surface area contributed by atoms with Gasteiger partial charge in [-0.1, -0.05) is 49.7 Å². The predicted molar refractivity (Wildman–Crippen MR) is 134 cm³/mol. The van der Waals surface area contributed by atoms with Crippen molar-refractivity contribution in [1.82, 2.24) is 9.88 Å². The first-order valence-electron chi connectivity index (χ1n) is 11.4. The number of pyridine rings is 1. The Kier molecular flexibility index (Phi) is 7.19. The lowest BCUT2D eigenvalue weighted by atomic mass is 9.87. The zero-order valence-corrected chi connectivity index (χ0v) is 20.0. The van der Waals surface area contributed by atoms with Crippen molar-refractivity contribution in [2.75, 3.05) is 31.1 Å². The highest BCUT2D eigenvalue weighted by Crippen LogP contribution is 2.28. The van der Waals surface area contributed by atoms with Crippen molar-refractivity contribution in [2.24, 2.45) is 5.41 Å². The van der Waals surface area contributed by atoms with Crippen LogP contribution in [0.15, 0.2) is 73.1 Å². The standard InChI is InChI=1S/C27H30ClN3O2/c1-27(2,20-30-17-18-31(26(30)32)24-12-15-29-16-13-24)14-3-19-33-25-10-6-22(7-11-25)21-4-8-23(28)9-5-21/h4-13,15-16H,3,14,17-20H2,1-2H3. The number of urea groups is 1. The van der Waals surface area contributed by atoms with Crippen LogP contribution in [0.3, 0.4) is 0 Å². The molecule has 1 aliphatic rings. The number of hydrogen-bond acceptors (Lipinski definition) is 3. The first-order chi connectivity index (χ1) is 15.9. The summed E-state index contributed by atoms with van der Waals surface area (Å²) in [6.07, 6.45) is 5.36. The number of halogens is 1. The van der Waals surface area contributed by atoms with E-state index < -0.39 is 0 Å². The summed E-state index contributed by atoms with van der Waals surface area (Å²) < 4.78 is 5.96. The molecule has 2 aromatic carbocycles. The van der Waals surface area contributed by atoms with Crippen LogP contribution >= 0.6 is 11.6 Å². The maximum absolute atomic E-state index is 12.8. The van der Waals surface area contributed by atoms with Crippen LogP contribution in [0.5, 0.6) is 5.75 Å². The van der Waals surface area contributed by atoms with E-state index in [0.29, 0.717) is 13.2 Å². The first-order valence-corrected chi connectivity index (χ1v) is 11.7. The summed E-state index contributed by atoms with van der Waals surface area (Å²) in [5, 5.41) is 0.738. The number of ether oxygens (including phenoxy) is 1. The molecule has 0 bridgehead atoms. The Morgan fingerprint density at radius 3 is 2.24 bits per heavy atom. The minimum absolute atomic E-state index is 0.0196. The number of rotatable bonds is 9. The van der Waals surface area contributed by atoms with Gasteiger partial charge in [0.1, 0.15) is 5.75 Å². The minimum Gasteiger partial charge on any atom is -0.494 e. The van der Waals surface area contributed by atoms with Crippen LogP contribution < -0.4 is 9.64 Å². The Balaban J connectivity index is 1.22. The Morgan fingerprint density at radius 1 is 0.939 bits per heavy atom. The molecule has 33 heavy (non-hydrogen) atoms. The fraction of sp³-hybridized carbons (Fsp3) is 0.333. The third kappa shape index (κ3) is 6.05. The van der Waals surface area contributed by atoms with Crippen LogP contribution in [-0.2, 0) is 0 Å². The molecule has 0 unspecified atom stereocenters. The van der Waals surface area contributed by atoms with Crippen molar-refractivity contribution in [2.45, 2.75) is 26.7 Å². The molecule has 1 saturated heterocycles. The monoisotopic (exact) mass is 463 g/mol. The Hall–Kier alpha value is -3.05. The molecule has 172 valence electrons. The molecule has 0 radical (unpaired) electrons. The van der Waals surface area contributed by atoms with Crippen LogP contribution in [-0.4, -0.2) is 42.2 Å². The molecule has 0 saturated carbocycles. The molecule has 2 amide bonds.